The molecule has 4 aromatic carbocycles. The summed E-state index contributed by atoms with van der Waals surface area (Å²) in [6, 6.07) is 33.6. The summed E-state index contributed by atoms with van der Waals surface area (Å²) >= 11 is 0. The zero-order valence-electron chi connectivity index (χ0n) is 22.1. The Balaban J connectivity index is 1.50. The van der Waals surface area contributed by atoms with Gasteiger partial charge in [-0.1, -0.05) is 105 Å². The molecule has 1 saturated heterocycles. The van der Waals surface area contributed by atoms with E-state index in [1.807, 2.05) is 117 Å². The molecule has 0 N–H and O–H groups in total. The number of fused-ring (bicyclic) bond motifs is 6. The van der Waals surface area contributed by atoms with Gasteiger partial charge in [-0.15, -0.1) is 0 Å². The molecule has 4 nitrogen and oxygen atoms in total. The molecule has 39 heavy (non-hydrogen) atoms. The van der Waals surface area contributed by atoms with Crippen molar-refractivity contribution in [2.75, 3.05) is 4.90 Å². The van der Waals surface area contributed by atoms with Gasteiger partial charge in [0, 0.05) is 0 Å². The van der Waals surface area contributed by atoms with Crippen molar-refractivity contribution < 1.29 is 14.4 Å². The van der Waals surface area contributed by atoms with Crippen LogP contribution in [0.15, 0.2) is 103 Å². The molecule has 192 valence electrons. The quantitative estimate of drug-likeness (QED) is 0.273. The van der Waals surface area contributed by atoms with E-state index in [0.29, 0.717) is 18.5 Å². The number of carbonyl (C=O) groups excluding carboxylic acids is 3. The van der Waals surface area contributed by atoms with Crippen molar-refractivity contribution in [1.82, 2.24) is 0 Å². The van der Waals surface area contributed by atoms with Crippen LogP contribution in [-0.2, 0) is 14.4 Å². The molecule has 4 atom stereocenters. The number of allylic oxidation sites excluding steroid dienone is 2. The molecule has 1 aliphatic heterocycles. The maximum Gasteiger partial charge on any atom is 0.239 e. The molecule has 2 fully saturated rings. The second-order valence-electron chi connectivity index (χ2n) is 11.0. The van der Waals surface area contributed by atoms with Crippen molar-refractivity contribution in [1.29, 1.82) is 0 Å². The molecule has 0 aromatic heterocycles. The number of hydrogen-bond acceptors (Lipinski definition) is 3. The number of ketones is 1. The van der Waals surface area contributed by atoms with Crippen molar-refractivity contribution in [3.8, 4) is 0 Å². The average Bonchev–Trinajstić information content (AvgIpc) is 3.49. The van der Waals surface area contributed by atoms with E-state index < -0.39 is 22.7 Å². The van der Waals surface area contributed by atoms with Crippen molar-refractivity contribution in [3.63, 3.8) is 0 Å². The first-order valence-electron chi connectivity index (χ1n) is 13.8. The van der Waals surface area contributed by atoms with E-state index in [1.54, 1.807) is 0 Å². The average molecular weight is 512 g/mol. The Kier molecular flexibility index (Phi) is 5.09. The Labute approximate surface area is 228 Å². The van der Waals surface area contributed by atoms with Crippen LogP contribution in [-0.4, -0.2) is 17.6 Å². The monoisotopic (exact) mass is 511 g/mol. The number of benzene rings is 4. The second kappa shape index (κ2) is 8.34. The fourth-order valence-electron chi connectivity index (χ4n) is 8.03. The molecular weight excluding hydrogens is 482 g/mol. The highest BCUT2D eigenvalue weighted by molar-refractivity contribution is 6.34. The second-order valence-corrected chi connectivity index (χ2v) is 11.0. The molecule has 1 saturated carbocycles. The van der Waals surface area contributed by atoms with Gasteiger partial charge in [-0.2, -0.15) is 0 Å². The van der Waals surface area contributed by atoms with Crippen LogP contribution in [0.4, 0.5) is 5.69 Å². The zero-order chi connectivity index (χ0) is 26.9. The molecule has 3 aliphatic rings. The molecular formula is C35H29NO3. The molecule has 0 spiro atoms. The number of carbonyl (C=O) groups is 3. The standard InChI is InChI=1S/C35H29NO3/c1-3-34-27(23-14-7-5-8-15-23)28(24-16-9-6-10-17-24)35(4-2,33(34)39)30-29(34)31(37)36(32(30)38)26-20-19-22-13-11-12-18-25(22)21-26/h5-21,29-30H,3-4H2,1-2H3/t29-,30-,34-,35+/m1/s1. The van der Waals surface area contributed by atoms with Gasteiger partial charge in [0.2, 0.25) is 11.8 Å². The number of amides is 2. The summed E-state index contributed by atoms with van der Waals surface area (Å²) in [6.45, 7) is 3.99. The van der Waals surface area contributed by atoms with Gasteiger partial charge < -0.3 is 0 Å². The van der Waals surface area contributed by atoms with Gasteiger partial charge in [-0.3, -0.25) is 14.4 Å². The van der Waals surface area contributed by atoms with Gasteiger partial charge in [0.25, 0.3) is 0 Å². The third kappa shape index (κ3) is 2.81. The smallest absolute Gasteiger partial charge is 0.239 e. The lowest BCUT2D eigenvalue weighted by Gasteiger charge is -2.38. The zero-order valence-corrected chi connectivity index (χ0v) is 22.1. The van der Waals surface area contributed by atoms with Crippen LogP contribution in [0.3, 0.4) is 0 Å². The summed E-state index contributed by atoms with van der Waals surface area (Å²) in [5.74, 6) is -1.93. The van der Waals surface area contributed by atoms with Crippen LogP contribution in [0, 0.1) is 22.7 Å². The number of hydrogen-bond donors (Lipinski definition) is 0. The first kappa shape index (κ1) is 23.8. The Morgan fingerprint density at radius 1 is 0.590 bits per heavy atom. The van der Waals surface area contributed by atoms with Gasteiger partial charge in [-0.25, -0.2) is 4.90 Å². The molecule has 4 heteroatoms. The van der Waals surface area contributed by atoms with Crippen LogP contribution in [0.2, 0.25) is 0 Å². The number of rotatable bonds is 5. The maximum absolute atomic E-state index is 14.8. The van der Waals surface area contributed by atoms with E-state index in [2.05, 4.69) is 0 Å². The topological polar surface area (TPSA) is 54.5 Å². The Hall–Kier alpha value is -4.31. The first-order chi connectivity index (χ1) is 19.0. The largest absolute Gasteiger partial charge is 0.298 e. The van der Waals surface area contributed by atoms with E-state index in [-0.39, 0.29) is 17.6 Å². The fourth-order valence-corrected chi connectivity index (χ4v) is 8.03. The lowest BCUT2D eigenvalue weighted by molar-refractivity contribution is -0.134. The van der Waals surface area contributed by atoms with E-state index >= 15 is 0 Å². The lowest BCUT2D eigenvalue weighted by atomic mass is 9.60. The Morgan fingerprint density at radius 2 is 1.05 bits per heavy atom. The van der Waals surface area contributed by atoms with Crippen molar-refractivity contribution in [2.24, 2.45) is 22.7 Å². The lowest BCUT2D eigenvalue weighted by Crippen LogP contribution is -2.41. The van der Waals surface area contributed by atoms with Gasteiger partial charge >= 0.3 is 0 Å². The van der Waals surface area contributed by atoms with E-state index in [4.69, 9.17) is 0 Å². The molecule has 0 unspecified atom stereocenters. The minimum absolute atomic E-state index is 0.0348. The van der Waals surface area contributed by atoms with Gasteiger partial charge in [-0.05, 0) is 58.0 Å². The molecule has 2 aliphatic carbocycles. The third-order valence-corrected chi connectivity index (χ3v) is 9.55. The number of anilines is 1. The summed E-state index contributed by atoms with van der Waals surface area (Å²) < 4.78 is 0. The van der Waals surface area contributed by atoms with Crippen LogP contribution in [0.1, 0.15) is 37.8 Å². The summed E-state index contributed by atoms with van der Waals surface area (Å²) in [5, 5.41) is 2.01. The number of nitrogens with zero attached hydrogens (tertiary/aromatic N) is 1. The Bertz CT molecular complexity index is 1620. The van der Waals surface area contributed by atoms with Crippen LogP contribution < -0.4 is 4.90 Å². The summed E-state index contributed by atoms with van der Waals surface area (Å²) in [7, 11) is 0. The van der Waals surface area contributed by atoms with E-state index in [1.165, 1.54) is 4.90 Å². The third-order valence-electron chi connectivity index (χ3n) is 9.55. The predicted octanol–water partition coefficient (Wildman–Crippen LogP) is 6.95. The molecule has 2 amide bonds. The minimum atomic E-state index is -1.06. The maximum atomic E-state index is 14.8. The van der Waals surface area contributed by atoms with Crippen LogP contribution >= 0.6 is 0 Å². The highest BCUT2D eigenvalue weighted by Crippen LogP contribution is 2.75. The normalized spacial score (nSPS) is 27.6. The number of Topliss-reactive ketones (excluding diaryl/α,β-unsaturated/α-hetero) is 1. The van der Waals surface area contributed by atoms with Crippen molar-refractivity contribution in [2.45, 2.75) is 26.7 Å². The molecule has 7 rings (SSSR count). The van der Waals surface area contributed by atoms with Gasteiger partial charge in [0.1, 0.15) is 0 Å². The summed E-state index contributed by atoms with van der Waals surface area (Å²) in [4.78, 5) is 45.1. The van der Waals surface area contributed by atoms with E-state index in [9.17, 15) is 14.4 Å². The van der Waals surface area contributed by atoms with Crippen LogP contribution in [0.25, 0.3) is 21.9 Å². The fraction of sp³-hybridized carbons (Fsp3) is 0.229. The minimum Gasteiger partial charge on any atom is -0.298 e. The van der Waals surface area contributed by atoms with Crippen LogP contribution in [0.5, 0.6) is 0 Å². The molecule has 2 bridgehead atoms. The van der Waals surface area contributed by atoms with E-state index in [0.717, 1.165) is 33.0 Å². The van der Waals surface area contributed by atoms with Gasteiger partial charge in [0.15, 0.2) is 5.78 Å². The number of imide groups is 1. The highest BCUT2D eigenvalue weighted by Gasteiger charge is 2.80. The first-order valence-corrected chi connectivity index (χ1v) is 13.8. The van der Waals surface area contributed by atoms with Crippen molar-refractivity contribution >= 4 is 45.2 Å². The SMILES string of the molecule is CC[C@]12C(=O)[C@](CC)(C(c3ccccc3)=C1c1ccccc1)[C@H]1C(=O)N(c3ccc4ccccc4c3)C(=O)[C@@H]12. The molecule has 0 radical (unpaired) electrons. The highest BCUT2D eigenvalue weighted by atomic mass is 16.2. The summed E-state index contributed by atoms with van der Waals surface area (Å²) in [5.41, 5.74) is 2.19. The predicted molar refractivity (Wildman–Crippen MR) is 154 cm³/mol. The van der Waals surface area contributed by atoms with Crippen molar-refractivity contribution in [3.05, 3.63) is 114 Å². The molecule has 4 aromatic rings. The molecule has 1 heterocycles. The van der Waals surface area contributed by atoms with Gasteiger partial charge in [0.05, 0.1) is 28.4 Å². The Morgan fingerprint density at radius 3 is 1.54 bits per heavy atom. The summed E-state index contributed by atoms with van der Waals surface area (Å²) in [6.07, 6.45) is 0.916.